The first-order valence-electron chi connectivity index (χ1n) is 7.63. The maximum absolute atomic E-state index is 14.3. The number of benzene rings is 2. The lowest BCUT2D eigenvalue weighted by atomic mass is 10.1. The molecule has 6 heteroatoms. The standard InChI is InChI=1S/C18H16ClFN2O2/c1-11-4-5-12(9-14(11)19)18(24)21-13-6-7-16(15(20)10-13)22-8-2-3-17(22)23/h4-7,9-10H,2-3,8H2,1H3,(H,21,24). The Labute approximate surface area is 144 Å². The van der Waals surface area contributed by atoms with Crippen LogP contribution in [0.25, 0.3) is 0 Å². The van der Waals surface area contributed by atoms with Crippen molar-refractivity contribution in [1.29, 1.82) is 0 Å². The Balaban J connectivity index is 1.78. The molecule has 1 fully saturated rings. The second kappa shape index (κ2) is 6.61. The number of hydrogen-bond donors (Lipinski definition) is 1. The monoisotopic (exact) mass is 346 g/mol. The molecule has 2 aromatic rings. The second-order valence-corrected chi connectivity index (χ2v) is 6.14. The molecule has 0 spiro atoms. The summed E-state index contributed by atoms with van der Waals surface area (Å²) in [7, 11) is 0. The van der Waals surface area contributed by atoms with Crippen LogP contribution in [0.2, 0.25) is 5.02 Å². The van der Waals surface area contributed by atoms with Gasteiger partial charge in [0.25, 0.3) is 5.91 Å². The van der Waals surface area contributed by atoms with Gasteiger partial charge >= 0.3 is 0 Å². The summed E-state index contributed by atoms with van der Waals surface area (Å²) >= 11 is 6.02. The molecule has 2 aromatic carbocycles. The van der Waals surface area contributed by atoms with E-state index in [-0.39, 0.29) is 17.5 Å². The molecule has 1 aliphatic heterocycles. The number of aryl methyl sites for hydroxylation is 1. The van der Waals surface area contributed by atoms with Crippen molar-refractivity contribution in [2.45, 2.75) is 19.8 Å². The number of rotatable bonds is 3. The van der Waals surface area contributed by atoms with E-state index < -0.39 is 5.82 Å². The SMILES string of the molecule is Cc1ccc(C(=O)Nc2ccc(N3CCCC3=O)c(F)c2)cc1Cl. The topological polar surface area (TPSA) is 49.4 Å². The maximum atomic E-state index is 14.3. The number of halogens is 2. The van der Waals surface area contributed by atoms with Crippen LogP contribution in [0, 0.1) is 12.7 Å². The summed E-state index contributed by atoms with van der Waals surface area (Å²) in [5.41, 5.74) is 1.84. The van der Waals surface area contributed by atoms with Gasteiger partial charge in [-0.15, -0.1) is 0 Å². The van der Waals surface area contributed by atoms with Gasteiger partial charge in [0.15, 0.2) is 0 Å². The summed E-state index contributed by atoms with van der Waals surface area (Å²) in [6.07, 6.45) is 1.16. The molecule has 124 valence electrons. The molecule has 1 saturated heterocycles. The number of nitrogens with one attached hydrogen (secondary N) is 1. The van der Waals surface area contributed by atoms with Crippen LogP contribution in [0.4, 0.5) is 15.8 Å². The van der Waals surface area contributed by atoms with Crippen LogP contribution in [-0.4, -0.2) is 18.4 Å². The normalized spacial score (nSPS) is 14.1. The fraction of sp³-hybridized carbons (Fsp3) is 0.222. The molecular formula is C18H16ClFN2O2. The van der Waals surface area contributed by atoms with E-state index in [0.717, 1.165) is 12.0 Å². The summed E-state index contributed by atoms with van der Waals surface area (Å²) in [6, 6.07) is 9.28. The minimum absolute atomic E-state index is 0.0833. The Bertz CT molecular complexity index is 823. The minimum atomic E-state index is -0.537. The van der Waals surface area contributed by atoms with Crippen LogP contribution in [0.3, 0.4) is 0 Å². The maximum Gasteiger partial charge on any atom is 0.255 e. The lowest BCUT2D eigenvalue weighted by Crippen LogP contribution is -2.24. The van der Waals surface area contributed by atoms with Crippen molar-refractivity contribution in [1.82, 2.24) is 0 Å². The molecule has 1 heterocycles. The van der Waals surface area contributed by atoms with Gasteiger partial charge in [-0.3, -0.25) is 9.59 Å². The van der Waals surface area contributed by atoms with Crippen LogP contribution >= 0.6 is 11.6 Å². The van der Waals surface area contributed by atoms with E-state index in [1.165, 1.54) is 17.0 Å². The van der Waals surface area contributed by atoms with Crippen molar-refractivity contribution < 1.29 is 14.0 Å². The Kier molecular flexibility index (Phi) is 4.53. The molecule has 0 saturated carbocycles. The van der Waals surface area contributed by atoms with Gasteiger partial charge < -0.3 is 10.2 Å². The number of amides is 2. The first-order chi connectivity index (χ1) is 11.5. The van der Waals surface area contributed by atoms with E-state index in [2.05, 4.69) is 5.32 Å². The molecular weight excluding hydrogens is 331 g/mol. The molecule has 24 heavy (non-hydrogen) atoms. The Hall–Kier alpha value is -2.40. The quantitative estimate of drug-likeness (QED) is 0.907. The van der Waals surface area contributed by atoms with E-state index in [1.807, 2.05) is 6.92 Å². The van der Waals surface area contributed by atoms with Gasteiger partial charge in [0.2, 0.25) is 5.91 Å². The van der Waals surface area contributed by atoms with Crippen LogP contribution in [-0.2, 0) is 4.79 Å². The highest BCUT2D eigenvalue weighted by atomic mass is 35.5. The molecule has 0 aromatic heterocycles. The summed E-state index contributed by atoms with van der Waals surface area (Å²) in [6.45, 7) is 2.36. The lowest BCUT2D eigenvalue weighted by molar-refractivity contribution is -0.117. The fourth-order valence-electron chi connectivity index (χ4n) is 2.64. The van der Waals surface area contributed by atoms with Crippen molar-refractivity contribution in [2.75, 3.05) is 16.8 Å². The highest BCUT2D eigenvalue weighted by molar-refractivity contribution is 6.31. The third-order valence-corrected chi connectivity index (χ3v) is 4.41. The zero-order valence-corrected chi connectivity index (χ0v) is 13.9. The molecule has 3 rings (SSSR count). The Morgan fingerprint density at radius 2 is 2.04 bits per heavy atom. The summed E-state index contributed by atoms with van der Waals surface area (Å²) < 4.78 is 14.3. The Morgan fingerprint density at radius 1 is 1.25 bits per heavy atom. The number of anilines is 2. The van der Waals surface area contributed by atoms with Gasteiger partial charge in [0.1, 0.15) is 5.82 Å². The zero-order chi connectivity index (χ0) is 17.3. The van der Waals surface area contributed by atoms with Crippen molar-refractivity contribution >= 4 is 34.8 Å². The summed E-state index contributed by atoms with van der Waals surface area (Å²) in [5, 5.41) is 3.13. The number of nitrogens with zero attached hydrogens (tertiary/aromatic N) is 1. The molecule has 0 unspecified atom stereocenters. The second-order valence-electron chi connectivity index (χ2n) is 5.73. The average molecular weight is 347 g/mol. The highest BCUT2D eigenvalue weighted by Gasteiger charge is 2.24. The van der Waals surface area contributed by atoms with E-state index in [0.29, 0.717) is 29.2 Å². The van der Waals surface area contributed by atoms with Crippen LogP contribution in [0.5, 0.6) is 0 Å². The van der Waals surface area contributed by atoms with E-state index in [4.69, 9.17) is 11.6 Å². The molecule has 4 nitrogen and oxygen atoms in total. The van der Waals surface area contributed by atoms with Crippen LogP contribution in [0.15, 0.2) is 36.4 Å². The van der Waals surface area contributed by atoms with Crippen LogP contribution in [0.1, 0.15) is 28.8 Å². The predicted molar refractivity (Wildman–Crippen MR) is 92.1 cm³/mol. The third-order valence-electron chi connectivity index (χ3n) is 4.00. The van der Waals surface area contributed by atoms with Crippen molar-refractivity contribution in [3.63, 3.8) is 0 Å². The number of hydrogen-bond acceptors (Lipinski definition) is 2. The van der Waals surface area contributed by atoms with Gasteiger partial charge in [-0.1, -0.05) is 17.7 Å². The largest absolute Gasteiger partial charge is 0.322 e. The predicted octanol–water partition coefficient (Wildman–Crippen LogP) is 4.17. The summed E-state index contributed by atoms with van der Waals surface area (Å²) in [4.78, 5) is 25.4. The van der Waals surface area contributed by atoms with E-state index in [9.17, 15) is 14.0 Å². The Morgan fingerprint density at radius 3 is 2.67 bits per heavy atom. The van der Waals surface area contributed by atoms with Gasteiger partial charge in [-0.25, -0.2) is 4.39 Å². The van der Waals surface area contributed by atoms with Gasteiger partial charge in [0.05, 0.1) is 5.69 Å². The minimum Gasteiger partial charge on any atom is -0.322 e. The number of carbonyl (C=O) groups is 2. The number of carbonyl (C=O) groups excluding carboxylic acids is 2. The average Bonchev–Trinajstić information content (AvgIpc) is 2.96. The fourth-order valence-corrected chi connectivity index (χ4v) is 2.82. The molecule has 0 radical (unpaired) electrons. The first-order valence-corrected chi connectivity index (χ1v) is 8.01. The highest BCUT2D eigenvalue weighted by Crippen LogP contribution is 2.27. The molecule has 1 aliphatic rings. The smallest absolute Gasteiger partial charge is 0.255 e. The molecule has 0 bridgehead atoms. The zero-order valence-electron chi connectivity index (χ0n) is 13.1. The third kappa shape index (κ3) is 3.26. The molecule has 1 N–H and O–H groups in total. The first kappa shape index (κ1) is 16.5. The van der Waals surface area contributed by atoms with Gasteiger partial charge in [0, 0.05) is 29.2 Å². The van der Waals surface area contributed by atoms with Gasteiger partial charge in [-0.05, 0) is 49.2 Å². The van der Waals surface area contributed by atoms with Crippen molar-refractivity contribution in [3.05, 3.63) is 58.4 Å². The van der Waals surface area contributed by atoms with E-state index in [1.54, 1.807) is 24.3 Å². The molecule has 0 aliphatic carbocycles. The van der Waals surface area contributed by atoms with E-state index >= 15 is 0 Å². The lowest BCUT2D eigenvalue weighted by Gasteiger charge is -2.17. The summed E-state index contributed by atoms with van der Waals surface area (Å²) in [5.74, 6) is -0.994. The van der Waals surface area contributed by atoms with Crippen molar-refractivity contribution in [2.24, 2.45) is 0 Å². The van der Waals surface area contributed by atoms with Gasteiger partial charge in [-0.2, -0.15) is 0 Å². The van der Waals surface area contributed by atoms with Crippen molar-refractivity contribution in [3.8, 4) is 0 Å². The van der Waals surface area contributed by atoms with Crippen LogP contribution < -0.4 is 10.2 Å². The molecule has 2 amide bonds. The molecule has 0 atom stereocenters.